The molecule has 1 aromatic carbocycles. The predicted octanol–water partition coefficient (Wildman–Crippen LogP) is 3.91. The highest BCUT2D eigenvalue weighted by molar-refractivity contribution is 6.34. The van der Waals surface area contributed by atoms with E-state index in [0.717, 1.165) is 5.56 Å². The van der Waals surface area contributed by atoms with Crippen LogP contribution in [0.3, 0.4) is 0 Å². The lowest BCUT2D eigenvalue weighted by molar-refractivity contribution is -0.143. The van der Waals surface area contributed by atoms with Gasteiger partial charge in [-0.2, -0.15) is 0 Å². The van der Waals surface area contributed by atoms with Crippen molar-refractivity contribution in [3.05, 3.63) is 33.8 Å². The van der Waals surface area contributed by atoms with Gasteiger partial charge in [0.05, 0.1) is 13.0 Å². The van der Waals surface area contributed by atoms with Crippen LogP contribution in [-0.4, -0.2) is 13.1 Å². The molecule has 0 amide bonds. The topological polar surface area (TPSA) is 26.3 Å². The van der Waals surface area contributed by atoms with Crippen LogP contribution in [0.15, 0.2) is 18.2 Å². The van der Waals surface area contributed by atoms with Crippen LogP contribution in [0.1, 0.15) is 25.3 Å². The second kappa shape index (κ2) is 4.18. The van der Waals surface area contributed by atoms with E-state index < -0.39 is 0 Å². The molecule has 0 heterocycles. The van der Waals surface area contributed by atoms with Crippen LogP contribution in [0.5, 0.6) is 0 Å². The van der Waals surface area contributed by atoms with E-state index in [4.69, 9.17) is 27.9 Å². The molecular formula is C13H14Cl2O2. The summed E-state index contributed by atoms with van der Waals surface area (Å²) in [7, 11) is 1.42. The highest BCUT2D eigenvalue weighted by atomic mass is 35.5. The highest BCUT2D eigenvalue weighted by Crippen LogP contribution is 2.65. The average molecular weight is 273 g/mol. The van der Waals surface area contributed by atoms with Crippen LogP contribution in [-0.2, 0) is 9.53 Å². The van der Waals surface area contributed by atoms with Gasteiger partial charge in [0.15, 0.2) is 0 Å². The first-order valence-electron chi connectivity index (χ1n) is 5.41. The number of halogens is 2. The summed E-state index contributed by atoms with van der Waals surface area (Å²) in [6.07, 6.45) is 0. The van der Waals surface area contributed by atoms with E-state index in [1.807, 2.05) is 26.0 Å². The Morgan fingerprint density at radius 2 is 1.76 bits per heavy atom. The maximum Gasteiger partial charge on any atom is 0.309 e. The van der Waals surface area contributed by atoms with Gasteiger partial charge in [-0.05, 0) is 29.2 Å². The summed E-state index contributed by atoms with van der Waals surface area (Å²) >= 11 is 12.0. The van der Waals surface area contributed by atoms with Crippen LogP contribution in [0.2, 0.25) is 10.0 Å². The van der Waals surface area contributed by atoms with E-state index in [1.54, 1.807) is 6.07 Å². The van der Waals surface area contributed by atoms with Crippen LogP contribution in [0, 0.1) is 11.3 Å². The molecule has 0 spiro atoms. The summed E-state index contributed by atoms with van der Waals surface area (Å²) in [5.74, 6) is -0.149. The van der Waals surface area contributed by atoms with Gasteiger partial charge in [-0.15, -0.1) is 0 Å². The average Bonchev–Trinajstić information content (AvgIpc) is 2.79. The van der Waals surface area contributed by atoms with E-state index in [0.29, 0.717) is 10.0 Å². The number of hydrogen-bond donors (Lipinski definition) is 0. The number of esters is 1. The lowest BCUT2D eigenvalue weighted by Crippen LogP contribution is -2.07. The predicted molar refractivity (Wildman–Crippen MR) is 68.5 cm³/mol. The number of carbonyl (C=O) groups excluding carboxylic acids is 1. The van der Waals surface area contributed by atoms with E-state index in [2.05, 4.69) is 0 Å². The van der Waals surface area contributed by atoms with Gasteiger partial charge >= 0.3 is 5.97 Å². The zero-order chi connectivity index (χ0) is 12.8. The Kier molecular flexibility index (Phi) is 3.13. The standard InChI is InChI=1S/C13H14Cl2O2/c1-13(2)10(11(13)12(16)17-3)7-4-8(14)6-9(15)5-7/h4-6,10-11H,1-3H3/t10-,11?/m1/s1. The van der Waals surface area contributed by atoms with Crippen molar-refractivity contribution in [2.75, 3.05) is 7.11 Å². The third kappa shape index (κ3) is 2.16. The van der Waals surface area contributed by atoms with Gasteiger partial charge in [-0.1, -0.05) is 37.0 Å². The molecule has 2 nitrogen and oxygen atoms in total. The third-order valence-corrected chi connectivity index (χ3v) is 3.96. The maximum absolute atomic E-state index is 11.7. The molecule has 0 radical (unpaired) electrons. The van der Waals surface area contributed by atoms with Crippen LogP contribution >= 0.6 is 23.2 Å². The fourth-order valence-corrected chi connectivity index (χ4v) is 3.12. The molecule has 0 aliphatic heterocycles. The molecule has 17 heavy (non-hydrogen) atoms. The van der Waals surface area contributed by atoms with Crippen LogP contribution in [0.25, 0.3) is 0 Å². The van der Waals surface area contributed by atoms with Gasteiger partial charge < -0.3 is 4.74 Å². The Morgan fingerprint density at radius 1 is 1.24 bits per heavy atom. The molecule has 2 rings (SSSR count). The fraction of sp³-hybridized carbons (Fsp3) is 0.462. The largest absolute Gasteiger partial charge is 0.469 e. The molecule has 2 atom stereocenters. The van der Waals surface area contributed by atoms with Gasteiger partial charge in [0.2, 0.25) is 0 Å². The minimum absolute atomic E-state index is 0.0961. The van der Waals surface area contributed by atoms with Gasteiger partial charge in [0.25, 0.3) is 0 Å². The van der Waals surface area contributed by atoms with E-state index in [-0.39, 0.29) is 23.2 Å². The van der Waals surface area contributed by atoms with Crippen molar-refractivity contribution in [3.63, 3.8) is 0 Å². The molecule has 0 N–H and O–H groups in total. The summed E-state index contributed by atoms with van der Waals surface area (Å²) in [5, 5.41) is 1.19. The molecular weight excluding hydrogens is 259 g/mol. The zero-order valence-electron chi connectivity index (χ0n) is 9.96. The molecule has 1 fully saturated rings. The summed E-state index contributed by atoms with van der Waals surface area (Å²) in [6.45, 7) is 4.10. The lowest BCUT2D eigenvalue weighted by atomic mass is 10.0. The SMILES string of the molecule is COC(=O)C1[C@@H](c2cc(Cl)cc(Cl)c2)C1(C)C. The quantitative estimate of drug-likeness (QED) is 0.764. The number of ether oxygens (including phenoxy) is 1. The van der Waals surface area contributed by atoms with Crippen molar-refractivity contribution in [1.29, 1.82) is 0 Å². The van der Waals surface area contributed by atoms with Gasteiger partial charge in [0.1, 0.15) is 0 Å². The number of hydrogen-bond acceptors (Lipinski definition) is 2. The third-order valence-electron chi connectivity index (χ3n) is 3.53. The fourth-order valence-electron chi connectivity index (χ4n) is 2.58. The van der Waals surface area contributed by atoms with Gasteiger partial charge in [0, 0.05) is 16.0 Å². The van der Waals surface area contributed by atoms with Gasteiger partial charge in [-0.3, -0.25) is 4.79 Å². The summed E-state index contributed by atoms with van der Waals surface area (Å²) in [5.41, 5.74) is 0.907. The number of carbonyl (C=O) groups is 1. The van der Waals surface area contributed by atoms with Crippen molar-refractivity contribution in [1.82, 2.24) is 0 Å². The van der Waals surface area contributed by atoms with Crippen LogP contribution < -0.4 is 0 Å². The molecule has 4 heteroatoms. The molecule has 0 saturated heterocycles. The minimum atomic E-state index is -0.170. The number of benzene rings is 1. The second-order valence-corrected chi connectivity index (χ2v) is 5.88. The molecule has 1 saturated carbocycles. The zero-order valence-corrected chi connectivity index (χ0v) is 11.5. The Bertz CT molecular complexity index is 448. The Balaban J connectivity index is 2.33. The minimum Gasteiger partial charge on any atom is -0.469 e. The van der Waals surface area contributed by atoms with E-state index in [1.165, 1.54) is 7.11 Å². The monoisotopic (exact) mass is 272 g/mol. The first kappa shape index (κ1) is 12.7. The molecule has 1 aliphatic carbocycles. The van der Waals surface area contributed by atoms with Crippen LogP contribution in [0.4, 0.5) is 0 Å². The van der Waals surface area contributed by atoms with Crippen molar-refractivity contribution in [2.24, 2.45) is 11.3 Å². The highest BCUT2D eigenvalue weighted by Gasteiger charge is 2.63. The smallest absolute Gasteiger partial charge is 0.309 e. The summed E-state index contributed by atoms with van der Waals surface area (Å²) in [6, 6.07) is 5.42. The molecule has 1 aliphatic rings. The number of methoxy groups -OCH3 is 1. The van der Waals surface area contributed by atoms with Crippen molar-refractivity contribution < 1.29 is 9.53 Å². The number of rotatable bonds is 2. The van der Waals surface area contributed by atoms with Crippen molar-refractivity contribution in [3.8, 4) is 0 Å². The van der Waals surface area contributed by atoms with E-state index >= 15 is 0 Å². The Labute approximate surface area is 111 Å². The Morgan fingerprint density at radius 3 is 2.24 bits per heavy atom. The maximum atomic E-state index is 11.7. The second-order valence-electron chi connectivity index (χ2n) is 5.00. The Hall–Kier alpha value is -0.730. The summed E-state index contributed by atoms with van der Waals surface area (Å²) in [4.78, 5) is 11.7. The first-order valence-corrected chi connectivity index (χ1v) is 6.17. The lowest BCUT2D eigenvalue weighted by Gasteiger charge is -2.04. The first-order chi connectivity index (χ1) is 7.87. The molecule has 1 unspecified atom stereocenters. The van der Waals surface area contributed by atoms with Gasteiger partial charge in [-0.25, -0.2) is 0 Å². The van der Waals surface area contributed by atoms with E-state index in [9.17, 15) is 4.79 Å². The summed E-state index contributed by atoms with van der Waals surface area (Å²) < 4.78 is 4.82. The van der Waals surface area contributed by atoms with Crippen molar-refractivity contribution in [2.45, 2.75) is 19.8 Å². The van der Waals surface area contributed by atoms with Crippen molar-refractivity contribution >= 4 is 29.2 Å². The molecule has 92 valence electrons. The molecule has 0 aromatic heterocycles. The molecule has 1 aromatic rings. The normalized spacial score (nSPS) is 25.5. The molecule has 0 bridgehead atoms.